The van der Waals surface area contributed by atoms with Crippen molar-refractivity contribution >= 4 is 16.9 Å². The molecule has 2 heterocycles. The first kappa shape index (κ1) is 15.1. The zero-order valence-electron chi connectivity index (χ0n) is 13.2. The van der Waals surface area contributed by atoms with Crippen LogP contribution in [0.4, 0.5) is 4.39 Å². The number of fused-ring (bicyclic) bond motifs is 1. The van der Waals surface area contributed by atoms with Gasteiger partial charge in [0.2, 0.25) is 0 Å². The highest BCUT2D eigenvalue weighted by Gasteiger charge is 2.17. The van der Waals surface area contributed by atoms with Gasteiger partial charge in [-0.25, -0.2) is 9.37 Å². The molecule has 0 fully saturated rings. The molecule has 5 nitrogen and oxygen atoms in total. The molecule has 1 aromatic carbocycles. The van der Waals surface area contributed by atoms with Gasteiger partial charge in [0.15, 0.2) is 5.65 Å². The molecule has 0 aliphatic heterocycles. The minimum Gasteiger partial charge on any atom is -0.348 e. The zero-order chi connectivity index (χ0) is 16.6. The third kappa shape index (κ3) is 2.92. The Kier molecular flexibility index (Phi) is 3.82. The Morgan fingerprint density at radius 2 is 1.96 bits per heavy atom. The van der Waals surface area contributed by atoms with Crippen LogP contribution in [0.1, 0.15) is 27.3 Å². The molecule has 0 aliphatic carbocycles. The maximum atomic E-state index is 12.9. The van der Waals surface area contributed by atoms with E-state index >= 15 is 0 Å². The van der Waals surface area contributed by atoms with Crippen LogP contribution in [0, 0.1) is 19.7 Å². The number of amides is 1. The fourth-order valence-electron chi connectivity index (χ4n) is 2.63. The Labute approximate surface area is 133 Å². The summed E-state index contributed by atoms with van der Waals surface area (Å²) in [6.45, 7) is 4.04. The van der Waals surface area contributed by atoms with Gasteiger partial charge in [-0.1, -0.05) is 12.1 Å². The second kappa shape index (κ2) is 5.79. The van der Waals surface area contributed by atoms with Crippen molar-refractivity contribution < 1.29 is 9.18 Å². The molecule has 3 aromatic rings. The Morgan fingerprint density at radius 3 is 2.65 bits per heavy atom. The number of carbonyl (C=O) groups excluding carboxylic acids is 1. The van der Waals surface area contributed by atoms with Crippen LogP contribution in [0.25, 0.3) is 11.0 Å². The van der Waals surface area contributed by atoms with Crippen molar-refractivity contribution in [1.29, 1.82) is 0 Å². The lowest BCUT2D eigenvalue weighted by Crippen LogP contribution is -2.23. The molecule has 1 N–H and O–H groups in total. The van der Waals surface area contributed by atoms with Gasteiger partial charge in [-0.2, -0.15) is 5.10 Å². The summed E-state index contributed by atoms with van der Waals surface area (Å²) in [5.41, 5.74) is 3.61. The highest BCUT2D eigenvalue weighted by atomic mass is 19.1. The van der Waals surface area contributed by atoms with E-state index in [9.17, 15) is 9.18 Å². The molecular formula is C17H17FN4O. The minimum atomic E-state index is -0.294. The number of halogens is 1. The number of nitrogens with one attached hydrogen (secondary N) is 1. The van der Waals surface area contributed by atoms with Crippen LogP contribution in [0.15, 0.2) is 30.3 Å². The molecule has 0 saturated heterocycles. The quantitative estimate of drug-likeness (QED) is 0.809. The summed E-state index contributed by atoms with van der Waals surface area (Å²) in [4.78, 5) is 17.0. The summed E-state index contributed by atoms with van der Waals surface area (Å²) in [5.74, 6) is -0.488. The normalized spacial score (nSPS) is 11.0. The number of pyridine rings is 1. The Hall–Kier alpha value is -2.76. The topological polar surface area (TPSA) is 59.8 Å². The van der Waals surface area contributed by atoms with Crippen molar-refractivity contribution in [2.24, 2.45) is 7.05 Å². The lowest BCUT2D eigenvalue weighted by atomic mass is 10.1. The van der Waals surface area contributed by atoms with Gasteiger partial charge in [0, 0.05) is 19.3 Å². The van der Waals surface area contributed by atoms with Crippen molar-refractivity contribution in [2.75, 3.05) is 0 Å². The predicted octanol–water partition coefficient (Wildman–Crippen LogP) is 2.65. The first-order valence-electron chi connectivity index (χ1n) is 7.29. The lowest BCUT2D eigenvalue weighted by Gasteiger charge is -2.08. The molecule has 1 amide bonds. The third-order valence-corrected chi connectivity index (χ3v) is 3.71. The van der Waals surface area contributed by atoms with E-state index in [0.29, 0.717) is 17.8 Å². The molecule has 0 atom stereocenters. The van der Waals surface area contributed by atoms with E-state index in [4.69, 9.17) is 0 Å². The Balaban J connectivity index is 1.90. The molecule has 2 aromatic heterocycles. The molecule has 0 aliphatic rings. The van der Waals surface area contributed by atoms with Gasteiger partial charge in [0.05, 0.1) is 16.6 Å². The van der Waals surface area contributed by atoms with Crippen LogP contribution >= 0.6 is 0 Å². The number of nitrogens with zero attached hydrogens (tertiary/aromatic N) is 3. The predicted molar refractivity (Wildman–Crippen MR) is 85.6 cm³/mol. The van der Waals surface area contributed by atoms with Crippen LogP contribution in [-0.2, 0) is 13.6 Å². The van der Waals surface area contributed by atoms with E-state index in [2.05, 4.69) is 15.4 Å². The Morgan fingerprint density at radius 1 is 1.26 bits per heavy atom. The largest absolute Gasteiger partial charge is 0.348 e. The van der Waals surface area contributed by atoms with E-state index in [1.54, 1.807) is 22.9 Å². The van der Waals surface area contributed by atoms with Crippen molar-refractivity contribution in [1.82, 2.24) is 20.1 Å². The molecule has 0 saturated carbocycles. The van der Waals surface area contributed by atoms with Gasteiger partial charge in [-0.15, -0.1) is 0 Å². The third-order valence-electron chi connectivity index (χ3n) is 3.71. The van der Waals surface area contributed by atoms with E-state index < -0.39 is 0 Å². The van der Waals surface area contributed by atoms with E-state index in [-0.39, 0.29) is 11.7 Å². The summed E-state index contributed by atoms with van der Waals surface area (Å²) < 4.78 is 14.6. The lowest BCUT2D eigenvalue weighted by molar-refractivity contribution is 0.0952. The summed E-state index contributed by atoms with van der Waals surface area (Å²) in [6, 6.07) is 7.82. The summed E-state index contributed by atoms with van der Waals surface area (Å²) in [7, 11) is 1.81. The van der Waals surface area contributed by atoms with E-state index in [0.717, 1.165) is 22.3 Å². The van der Waals surface area contributed by atoms with Crippen LogP contribution in [-0.4, -0.2) is 20.7 Å². The number of aryl methyl sites for hydroxylation is 3. The average Bonchev–Trinajstić information content (AvgIpc) is 2.80. The van der Waals surface area contributed by atoms with E-state index in [1.165, 1.54) is 12.1 Å². The molecule has 0 unspecified atom stereocenters. The smallest absolute Gasteiger partial charge is 0.252 e. The molecule has 3 rings (SSSR count). The Bertz CT molecular complexity index is 884. The van der Waals surface area contributed by atoms with Crippen LogP contribution in [0.3, 0.4) is 0 Å². The van der Waals surface area contributed by atoms with Crippen molar-refractivity contribution in [2.45, 2.75) is 20.4 Å². The van der Waals surface area contributed by atoms with Gasteiger partial charge in [0.25, 0.3) is 5.91 Å². The maximum absolute atomic E-state index is 12.9. The minimum absolute atomic E-state index is 0.194. The highest BCUT2D eigenvalue weighted by Crippen LogP contribution is 2.21. The van der Waals surface area contributed by atoms with Gasteiger partial charge in [0.1, 0.15) is 5.82 Å². The first-order chi connectivity index (χ1) is 11.0. The standard InChI is InChI=1S/C17H17FN4O/c1-10-8-14(15-11(2)21-22(3)16(15)20-10)17(23)19-9-12-4-6-13(18)7-5-12/h4-8H,9H2,1-3H3,(H,19,23). The SMILES string of the molecule is Cc1cc(C(=O)NCc2ccc(F)cc2)c2c(C)nn(C)c2n1. The second-order valence-corrected chi connectivity index (χ2v) is 5.53. The number of rotatable bonds is 3. The maximum Gasteiger partial charge on any atom is 0.252 e. The number of benzene rings is 1. The second-order valence-electron chi connectivity index (χ2n) is 5.53. The summed E-state index contributed by atoms with van der Waals surface area (Å²) in [6.07, 6.45) is 0. The van der Waals surface area contributed by atoms with Crippen LogP contribution in [0.5, 0.6) is 0 Å². The fourth-order valence-corrected chi connectivity index (χ4v) is 2.63. The average molecular weight is 312 g/mol. The van der Waals surface area contributed by atoms with Crippen molar-refractivity contribution in [3.8, 4) is 0 Å². The molecule has 0 radical (unpaired) electrons. The summed E-state index contributed by atoms with van der Waals surface area (Å²) >= 11 is 0. The molecule has 23 heavy (non-hydrogen) atoms. The molecular weight excluding hydrogens is 295 g/mol. The molecule has 0 bridgehead atoms. The molecule has 118 valence electrons. The van der Waals surface area contributed by atoms with Gasteiger partial charge in [-0.05, 0) is 37.6 Å². The number of carbonyl (C=O) groups is 1. The molecule has 0 spiro atoms. The van der Waals surface area contributed by atoms with Crippen LogP contribution < -0.4 is 5.32 Å². The van der Waals surface area contributed by atoms with Crippen LogP contribution in [0.2, 0.25) is 0 Å². The van der Waals surface area contributed by atoms with E-state index in [1.807, 2.05) is 20.9 Å². The van der Waals surface area contributed by atoms with Gasteiger partial charge in [-0.3, -0.25) is 9.48 Å². The van der Waals surface area contributed by atoms with Gasteiger partial charge < -0.3 is 5.32 Å². The first-order valence-corrected chi connectivity index (χ1v) is 7.29. The summed E-state index contributed by atoms with van der Waals surface area (Å²) in [5, 5.41) is 7.96. The number of aromatic nitrogens is 3. The highest BCUT2D eigenvalue weighted by molar-refractivity contribution is 6.06. The zero-order valence-corrected chi connectivity index (χ0v) is 13.2. The van der Waals surface area contributed by atoms with Crippen molar-refractivity contribution in [3.05, 3.63) is 58.7 Å². The van der Waals surface area contributed by atoms with Crippen molar-refractivity contribution in [3.63, 3.8) is 0 Å². The monoisotopic (exact) mass is 312 g/mol. The number of hydrogen-bond donors (Lipinski definition) is 1. The fraction of sp³-hybridized carbons (Fsp3) is 0.235. The van der Waals surface area contributed by atoms with Gasteiger partial charge >= 0.3 is 0 Å². The number of hydrogen-bond acceptors (Lipinski definition) is 3. The molecule has 6 heteroatoms.